The van der Waals surface area contributed by atoms with Gasteiger partial charge in [-0.3, -0.25) is 4.98 Å². The van der Waals surface area contributed by atoms with E-state index in [4.69, 9.17) is 5.73 Å². The van der Waals surface area contributed by atoms with Gasteiger partial charge in [0, 0.05) is 17.9 Å². The van der Waals surface area contributed by atoms with Gasteiger partial charge in [0.25, 0.3) is 0 Å². The number of fused-ring (bicyclic) bond motifs is 1. The molecule has 2 N–H and O–H groups in total. The van der Waals surface area contributed by atoms with Crippen LogP contribution in [0.5, 0.6) is 0 Å². The molecule has 0 spiro atoms. The SMILES string of the molecule is Cc1cc(C(N)CC2Cc3ccccc32)ccn1. The van der Waals surface area contributed by atoms with Gasteiger partial charge in [0.1, 0.15) is 0 Å². The van der Waals surface area contributed by atoms with Crippen LogP contribution in [0.25, 0.3) is 0 Å². The van der Waals surface area contributed by atoms with E-state index in [2.05, 4.69) is 35.3 Å². The van der Waals surface area contributed by atoms with E-state index in [1.165, 1.54) is 23.1 Å². The first-order chi connectivity index (χ1) is 8.74. The van der Waals surface area contributed by atoms with Crippen LogP contribution in [0, 0.1) is 6.92 Å². The molecule has 2 atom stereocenters. The molecule has 1 heterocycles. The lowest BCUT2D eigenvalue weighted by Crippen LogP contribution is -2.22. The van der Waals surface area contributed by atoms with E-state index < -0.39 is 0 Å². The molecule has 0 saturated carbocycles. The molecule has 1 aromatic heterocycles. The van der Waals surface area contributed by atoms with Crippen LogP contribution in [0.4, 0.5) is 0 Å². The van der Waals surface area contributed by atoms with Gasteiger partial charge in [-0.15, -0.1) is 0 Å². The number of pyridine rings is 1. The highest BCUT2D eigenvalue weighted by molar-refractivity contribution is 5.40. The second-order valence-corrected chi connectivity index (χ2v) is 5.17. The topological polar surface area (TPSA) is 38.9 Å². The van der Waals surface area contributed by atoms with Crippen LogP contribution >= 0.6 is 0 Å². The number of hydrogen-bond acceptors (Lipinski definition) is 2. The predicted octanol–water partition coefficient (Wildman–Crippen LogP) is 3.12. The maximum Gasteiger partial charge on any atom is 0.0375 e. The molecule has 2 nitrogen and oxygen atoms in total. The van der Waals surface area contributed by atoms with Crippen LogP contribution in [0.3, 0.4) is 0 Å². The van der Waals surface area contributed by atoms with Crippen LogP contribution in [0.2, 0.25) is 0 Å². The van der Waals surface area contributed by atoms with Gasteiger partial charge in [-0.1, -0.05) is 24.3 Å². The Morgan fingerprint density at radius 2 is 2.17 bits per heavy atom. The maximum atomic E-state index is 6.30. The Balaban J connectivity index is 1.72. The summed E-state index contributed by atoms with van der Waals surface area (Å²) < 4.78 is 0. The average molecular weight is 238 g/mol. The van der Waals surface area contributed by atoms with Crippen LogP contribution in [0.1, 0.15) is 40.8 Å². The molecular formula is C16H18N2. The van der Waals surface area contributed by atoms with Crippen LogP contribution < -0.4 is 5.73 Å². The van der Waals surface area contributed by atoms with E-state index in [1.54, 1.807) is 0 Å². The van der Waals surface area contributed by atoms with Crippen molar-refractivity contribution in [1.82, 2.24) is 4.98 Å². The highest BCUT2D eigenvalue weighted by Gasteiger charge is 2.27. The first kappa shape index (κ1) is 11.4. The molecule has 0 bridgehead atoms. The third-order valence-corrected chi connectivity index (χ3v) is 3.85. The van der Waals surface area contributed by atoms with Crippen molar-refractivity contribution in [1.29, 1.82) is 0 Å². The summed E-state index contributed by atoms with van der Waals surface area (Å²) in [5.74, 6) is 0.629. The number of aromatic nitrogens is 1. The first-order valence-corrected chi connectivity index (χ1v) is 6.50. The molecule has 3 rings (SSSR count). The van der Waals surface area contributed by atoms with Gasteiger partial charge in [0.2, 0.25) is 0 Å². The van der Waals surface area contributed by atoms with Crippen molar-refractivity contribution < 1.29 is 0 Å². The summed E-state index contributed by atoms with van der Waals surface area (Å²) in [6, 6.07) is 12.9. The largest absolute Gasteiger partial charge is 0.324 e. The normalized spacial score (nSPS) is 18.9. The minimum atomic E-state index is 0.116. The minimum absolute atomic E-state index is 0.116. The van der Waals surface area contributed by atoms with E-state index in [1.807, 2.05) is 19.2 Å². The van der Waals surface area contributed by atoms with Crippen LogP contribution in [0.15, 0.2) is 42.6 Å². The summed E-state index contributed by atoms with van der Waals surface area (Å²) in [6.07, 6.45) is 4.05. The van der Waals surface area contributed by atoms with Crippen molar-refractivity contribution >= 4 is 0 Å². The lowest BCUT2D eigenvalue weighted by atomic mass is 9.74. The Morgan fingerprint density at radius 1 is 1.33 bits per heavy atom. The highest BCUT2D eigenvalue weighted by atomic mass is 14.7. The van der Waals surface area contributed by atoms with E-state index in [9.17, 15) is 0 Å². The number of nitrogens with two attached hydrogens (primary N) is 1. The number of hydrogen-bond donors (Lipinski definition) is 1. The van der Waals surface area contributed by atoms with Gasteiger partial charge in [0.05, 0.1) is 0 Å². The Kier molecular flexibility index (Phi) is 2.88. The Hall–Kier alpha value is -1.67. The molecule has 2 unspecified atom stereocenters. The lowest BCUT2D eigenvalue weighted by Gasteiger charge is -2.32. The average Bonchev–Trinajstić information content (AvgIpc) is 2.36. The fourth-order valence-electron chi connectivity index (χ4n) is 2.81. The third-order valence-electron chi connectivity index (χ3n) is 3.85. The second kappa shape index (κ2) is 4.54. The number of aryl methyl sites for hydroxylation is 1. The summed E-state index contributed by atoms with van der Waals surface area (Å²) in [4.78, 5) is 4.22. The van der Waals surface area contributed by atoms with E-state index in [0.717, 1.165) is 12.1 Å². The second-order valence-electron chi connectivity index (χ2n) is 5.17. The molecule has 92 valence electrons. The van der Waals surface area contributed by atoms with Crippen molar-refractivity contribution in [3.63, 3.8) is 0 Å². The van der Waals surface area contributed by atoms with Crippen molar-refractivity contribution in [2.75, 3.05) is 0 Å². The number of rotatable bonds is 3. The predicted molar refractivity (Wildman–Crippen MR) is 73.4 cm³/mol. The molecular weight excluding hydrogens is 220 g/mol. The van der Waals surface area contributed by atoms with Gasteiger partial charge >= 0.3 is 0 Å². The smallest absolute Gasteiger partial charge is 0.0375 e. The monoisotopic (exact) mass is 238 g/mol. The van der Waals surface area contributed by atoms with Crippen molar-refractivity contribution in [2.45, 2.75) is 31.7 Å². The van der Waals surface area contributed by atoms with Gasteiger partial charge in [-0.05, 0) is 54.5 Å². The molecule has 18 heavy (non-hydrogen) atoms. The minimum Gasteiger partial charge on any atom is -0.324 e. The summed E-state index contributed by atoms with van der Waals surface area (Å²) in [5, 5.41) is 0. The molecule has 0 radical (unpaired) electrons. The summed E-state index contributed by atoms with van der Waals surface area (Å²) >= 11 is 0. The highest BCUT2D eigenvalue weighted by Crippen LogP contribution is 2.39. The van der Waals surface area contributed by atoms with Gasteiger partial charge in [0.15, 0.2) is 0 Å². The fourth-order valence-corrected chi connectivity index (χ4v) is 2.81. The van der Waals surface area contributed by atoms with Crippen molar-refractivity contribution in [3.8, 4) is 0 Å². The maximum absolute atomic E-state index is 6.30. The standard InChI is InChI=1S/C16H18N2/c1-11-8-13(6-7-18-11)16(17)10-14-9-12-4-2-3-5-15(12)14/h2-8,14,16H,9-10,17H2,1H3. The molecule has 0 fully saturated rings. The van der Waals surface area contributed by atoms with E-state index >= 15 is 0 Å². The Morgan fingerprint density at radius 3 is 2.94 bits per heavy atom. The molecule has 2 heteroatoms. The molecule has 0 saturated heterocycles. The fraction of sp³-hybridized carbons (Fsp3) is 0.312. The zero-order valence-corrected chi connectivity index (χ0v) is 10.6. The number of benzene rings is 1. The van der Waals surface area contributed by atoms with E-state index in [0.29, 0.717) is 5.92 Å². The molecule has 1 aliphatic carbocycles. The van der Waals surface area contributed by atoms with Crippen LogP contribution in [-0.2, 0) is 6.42 Å². The number of nitrogens with zero attached hydrogens (tertiary/aromatic N) is 1. The van der Waals surface area contributed by atoms with Crippen molar-refractivity contribution in [2.24, 2.45) is 5.73 Å². The molecule has 1 aromatic carbocycles. The van der Waals surface area contributed by atoms with Crippen molar-refractivity contribution in [3.05, 3.63) is 65.0 Å². The van der Waals surface area contributed by atoms with Gasteiger partial charge in [-0.2, -0.15) is 0 Å². The lowest BCUT2D eigenvalue weighted by molar-refractivity contribution is 0.498. The summed E-state index contributed by atoms with van der Waals surface area (Å²) in [5.41, 5.74) is 11.5. The van der Waals surface area contributed by atoms with Crippen LogP contribution in [-0.4, -0.2) is 4.98 Å². The summed E-state index contributed by atoms with van der Waals surface area (Å²) in [7, 11) is 0. The summed E-state index contributed by atoms with van der Waals surface area (Å²) in [6.45, 7) is 2.01. The first-order valence-electron chi connectivity index (χ1n) is 6.50. The molecule has 2 aromatic rings. The molecule has 1 aliphatic rings. The quantitative estimate of drug-likeness (QED) is 0.892. The van der Waals surface area contributed by atoms with Gasteiger partial charge < -0.3 is 5.73 Å². The zero-order valence-electron chi connectivity index (χ0n) is 10.6. The Labute approximate surface area is 108 Å². The van der Waals surface area contributed by atoms with Gasteiger partial charge in [-0.25, -0.2) is 0 Å². The Bertz CT molecular complexity index is 563. The molecule has 0 aliphatic heterocycles. The third kappa shape index (κ3) is 2.04. The molecule has 0 amide bonds. The van der Waals surface area contributed by atoms with E-state index in [-0.39, 0.29) is 6.04 Å². The zero-order chi connectivity index (χ0) is 12.5.